The van der Waals surface area contributed by atoms with Gasteiger partial charge < -0.3 is 5.32 Å². The Morgan fingerprint density at radius 1 is 1.38 bits per heavy atom. The molecule has 0 amide bonds. The summed E-state index contributed by atoms with van der Waals surface area (Å²) < 4.78 is 0. The molecule has 1 aromatic carbocycles. The molecule has 0 saturated carbocycles. The van der Waals surface area contributed by atoms with Crippen LogP contribution in [0.5, 0.6) is 0 Å². The Morgan fingerprint density at radius 2 is 2.19 bits per heavy atom. The molecule has 1 heteroatoms. The van der Waals surface area contributed by atoms with Crippen LogP contribution in [0.15, 0.2) is 24.3 Å². The zero-order valence-corrected chi connectivity index (χ0v) is 10.5. The van der Waals surface area contributed by atoms with Gasteiger partial charge in [0.25, 0.3) is 0 Å². The van der Waals surface area contributed by atoms with E-state index in [1.807, 2.05) is 6.92 Å². The lowest BCUT2D eigenvalue weighted by Crippen LogP contribution is -2.30. The molecule has 0 radical (unpaired) electrons. The van der Waals surface area contributed by atoms with E-state index in [2.05, 4.69) is 55.3 Å². The summed E-state index contributed by atoms with van der Waals surface area (Å²) >= 11 is 0. The van der Waals surface area contributed by atoms with Crippen molar-refractivity contribution >= 4 is 0 Å². The molecule has 0 aliphatic carbocycles. The Bertz CT molecular complexity index is 371. The van der Waals surface area contributed by atoms with Crippen molar-refractivity contribution in [3.05, 3.63) is 35.4 Å². The summed E-state index contributed by atoms with van der Waals surface area (Å²) in [5, 5.41) is 3.48. The molecule has 0 aromatic heterocycles. The quantitative estimate of drug-likeness (QED) is 0.745. The fourth-order valence-electron chi connectivity index (χ4n) is 1.85. The number of hydrogen-bond acceptors (Lipinski definition) is 1. The normalized spacial score (nSPS) is 11.7. The lowest BCUT2D eigenvalue weighted by atomic mass is 10.0. The molecule has 86 valence electrons. The van der Waals surface area contributed by atoms with Gasteiger partial charge in [-0.05, 0) is 32.4 Å². The van der Waals surface area contributed by atoms with Gasteiger partial charge >= 0.3 is 0 Å². The minimum Gasteiger partial charge on any atom is -0.313 e. The van der Waals surface area contributed by atoms with Gasteiger partial charge in [-0.1, -0.05) is 36.8 Å². The lowest BCUT2D eigenvalue weighted by molar-refractivity contribution is 0.535. The van der Waals surface area contributed by atoms with Crippen LogP contribution in [0.25, 0.3) is 0 Å². The summed E-state index contributed by atoms with van der Waals surface area (Å²) in [6.45, 7) is 7.18. The second kappa shape index (κ2) is 7.09. The molecule has 0 bridgehead atoms. The van der Waals surface area contributed by atoms with Gasteiger partial charge in [0.15, 0.2) is 0 Å². The first kappa shape index (κ1) is 12.8. The Balaban J connectivity index is 2.62. The van der Waals surface area contributed by atoms with Crippen LogP contribution in [0.2, 0.25) is 0 Å². The predicted octanol–water partition coefficient (Wildman–Crippen LogP) is 2.93. The molecule has 1 rings (SSSR count). The summed E-state index contributed by atoms with van der Waals surface area (Å²) in [7, 11) is 0. The van der Waals surface area contributed by atoms with Crippen molar-refractivity contribution in [1.82, 2.24) is 5.32 Å². The molecule has 1 unspecified atom stereocenters. The van der Waals surface area contributed by atoms with E-state index in [0.29, 0.717) is 6.04 Å². The summed E-state index contributed by atoms with van der Waals surface area (Å²) in [4.78, 5) is 0. The lowest BCUT2D eigenvalue weighted by Gasteiger charge is -2.15. The molecule has 0 saturated heterocycles. The van der Waals surface area contributed by atoms with Gasteiger partial charge in [-0.3, -0.25) is 0 Å². The van der Waals surface area contributed by atoms with Gasteiger partial charge in [0, 0.05) is 12.5 Å². The number of likely N-dealkylation sites (N-methyl/N-ethyl adjacent to an activating group) is 1. The molecule has 0 aliphatic heterocycles. The van der Waals surface area contributed by atoms with Crippen LogP contribution in [-0.4, -0.2) is 12.6 Å². The van der Waals surface area contributed by atoms with Crippen LogP contribution in [0.4, 0.5) is 0 Å². The highest BCUT2D eigenvalue weighted by Gasteiger charge is 2.06. The third-order valence-corrected chi connectivity index (χ3v) is 2.58. The standard InChI is InChI=1S/C15H21N/c1-4-6-10-15(16-5-2)12-14-9-7-8-13(3)11-14/h7-9,11,15-16H,5,10,12H2,1-3H3. The van der Waals surface area contributed by atoms with E-state index in [0.717, 1.165) is 19.4 Å². The highest BCUT2D eigenvalue weighted by molar-refractivity contribution is 5.23. The van der Waals surface area contributed by atoms with Crippen molar-refractivity contribution in [2.24, 2.45) is 0 Å². The van der Waals surface area contributed by atoms with Crippen molar-refractivity contribution in [2.75, 3.05) is 6.54 Å². The molecule has 0 heterocycles. The monoisotopic (exact) mass is 215 g/mol. The molecule has 1 N–H and O–H groups in total. The highest BCUT2D eigenvalue weighted by Crippen LogP contribution is 2.08. The molecule has 16 heavy (non-hydrogen) atoms. The first-order valence-corrected chi connectivity index (χ1v) is 5.94. The molecule has 0 aliphatic rings. The maximum Gasteiger partial charge on any atom is 0.0246 e. The first-order valence-electron chi connectivity index (χ1n) is 5.94. The third kappa shape index (κ3) is 4.51. The second-order valence-corrected chi connectivity index (χ2v) is 4.08. The van der Waals surface area contributed by atoms with Crippen molar-refractivity contribution in [3.8, 4) is 11.8 Å². The Kier molecular flexibility index (Phi) is 5.67. The van der Waals surface area contributed by atoms with Crippen molar-refractivity contribution in [2.45, 2.75) is 39.7 Å². The van der Waals surface area contributed by atoms with Crippen LogP contribution in [0, 0.1) is 18.8 Å². The van der Waals surface area contributed by atoms with E-state index in [4.69, 9.17) is 0 Å². The fraction of sp³-hybridized carbons (Fsp3) is 0.467. The molecule has 1 atom stereocenters. The van der Waals surface area contributed by atoms with Gasteiger partial charge in [-0.25, -0.2) is 0 Å². The van der Waals surface area contributed by atoms with Crippen molar-refractivity contribution in [1.29, 1.82) is 0 Å². The van der Waals surface area contributed by atoms with E-state index < -0.39 is 0 Å². The van der Waals surface area contributed by atoms with Gasteiger partial charge in [-0.15, -0.1) is 11.8 Å². The topological polar surface area (TPSA) is 12.0 Å². The SMILES string of the molecule is CC#CCC(Cc1cccc(C)c1)NCC. The largest absolute Gasteiger partial charge is 0.313 e. The molecular formula is C15H21N. The Labute approximate surface area is 99.3 Å². The van der Waals surface area contributed by atoms with Crippen molar-refractivity contribution in [3.63, 3.8) is 0 Å². The third-order valence-electron chi connectivity index (χ3n) is 2.58. The average molecular weight is 215 g/mol. The molecule has 1 aromatic rings. The minimum atomic E-state index is 0.472. The van der Waals surface area contributed by atoms with E-state index >= 15 is 0 Å². The fourth-order valence-corrected chi connectivity index (χ4v) is 1.85. The zero-order chi connectivity index (χ0) is 11.8. The van der Waals surface area contributed by atoms with Crippen molar-refractivity contribution < 1.29 is 0 Å². The number of benzene rings is 1. The smallest absolute Gasteiger partial charge is 0.0246 e. The average Bonchev–Trinajstić information content (AvgIpc) is 2.26. The number of rotatable bonds is 5. The molecule has 0 fully saturated rings. The van der Waals surface area contributed by atoms with E-state index in [1.165, 1.54) is 11.1 Å². The Morgan fingerprint density at radius 3 is 2.81 bits per heavy atom. The molecular weight excluding hydrogens is 194 g/mol. The van der Waals surface area contributed by atoms with Gasteiger partial charge in [-0.2, -0.15) is 0 Å². The molecule has 0 spiro atoms. The maximum absolute atomic E-state index is 3.48. The molecule has 1 nitrogen and oxygen atoms in total. The number of hydrogen-bond donors (Lipinski definition) is 1. The maximum atomic E-state index is 3.48. The summed E-state index contributed by atoms with van der Waals surface area (Å²) in [5.41, 5.74) is 2.72. The van der Waals surface area contributed by atoms with E-state index in [-0.39, 0.29) is 0 Å². The second-order valence-electron chi connectivity index (χ2n) is 4.08. The van der Waals surface area contributed by atoms with Crippen LogP contribution >= 0.6 is 0 Å². The van der Waals surface area contributed by atoms with Gasteiger partial charge in [0.1, 0.15) is 0 Å². The minimum absolute atomic E-state index is 0.472. The van der Waals surface area contributed by atoms with Gasteiger partial charge in [0.05, 0.1) is 0 Å². The zero-order valence-electron chi connectivity index (χ0n) is 10.5. The Hall–Kier alpha value is -1.26. The number of nitrogens with one attached hydrogen (secondary N) is 1. The first-order chi connectivity index (χ1) is 7.76. The predicted molar refractivity (Wildman–Crippen MR) is 70.4 cm³/mol. The van der Waals surface area contributed by atoms with E-state index in [9.17, 15) is 0 Å². The number of aryl methyl sites for hydroxylation is 1. The van der Waals surface area contributed by atoms with Crippen LogP contribution in [0.1, 0.15) is 31.4 Å². The van der Waals surface area contributed by atoms with Crippen LogP contribution < -0.4 is 5.32 Å². The summed E-state index contributed by atoms with van der Waals surface area (Å²) in [6, 6.07) is 9.18. The highest BCUT2D eigenvalue weighted by atomic mass is 14.9. The van der Waals surface area contributed by atoms with Crippen LogP contribution in [0.3, 0.4) is 0 Å². The van der Waals surface area contributed by atoms with Gasteiger partial charge in [0.2, 0.25) is 0 Å². The van der Waals surface area contributed by atoms with E-state index in [1.54, 1.807) is 0 Å². The van der Waals surface area contributed by atoms with Crippen LogP contribution in [-0.2, 0) is 6.42 Å². The summed E-state index contributed by atoms with van der Waals surface area (Å²) in [5.74, 6) is 6.12. The summed E-state index contributed by atoms with van der Waals surface area (Å²) in [6.07, 6.45) is 1.99.